The zero-order chi connectivity index (χ0) is 15.6. The van der Waals surface area contributed by atoms with Crippen LogP contribution in [0.3, 0.4) is 0 Å². The predicted molar refractivity (Wildman–Crippen MR) is 82.4 cm³/mol. The standard InChI is InChI=1S/C14H19N5O2S/c1-11(15-9-14-3-2-8-22(14,20)21)12-4-6-13(7-5-12)19-10-16-17-18-19/h4-7,10-11,14-15H,2-3,8-9H2,1H3/t11-,14-/m0/s1. The van der Waals surface area contributed by atoms with Crippen molar-refractivity contribution in [3.05, 3.63) is 36.2 Å². The van der Waals surface area contributed by atoms with E-state index in [1.54, 1.807) is 11.0 Å². The lowest BCUT2D eigenvalue weighted by atomic mass is 10.1. The van der Waals surface area contributed by atoms with Crippen molar-refractivity contribution in [1.29, 1.82) is 0 Å². The van der Waals surface area contributed by atoms with Gasteiger partial charge < -0.3 is 5.32 Å². The Morgan fingerprint density at radius 2 is 2.14 bits per heavy atom. The molecular formula is C14H19N5O2S. The van der Waals surface area contributed by atoms with E-state index in [1.807, 2.05) is 31.2 Å². The van der Waals surface area contributed by atoms with E-state index in [4.69, 9.17) is 0 Å². The number of rotatable bonds is 5. The smallest absolute Gasteiger partial charge is 0.154 e. The van der Waals surface area contributed by atoms with Crippen LogP contribution in [0.1, 0.15) is 31.4 Å². The number of benzene rings is 1. The van der Waals surface area contributed by atoms with Crippen molar-refractivity contribution in [2.24, 2.45) is 0 Å². The van der Waals surface area contributed by atoms with E-state index in [0.717, 1.165) is 24.1 Å². The summed E-state index contributed by atoms with van der Waals surface area (Å²) in [6.45, 7) is 2.55. The van der Waals surface area contributed by atoms with Gasteiger partial charge in [0.15, 0.2) is 9.84 Å². The lowest BCUT2D eigenvalue weighted by Gasteiger charge is -2.17. The average molecular weight is 321 g/mol. The molecule has 3 rings (SSSR count). The fraction of sp³-hybridized carbons (Fsp3) is 0.500. The van der Waals surface area contributed by atoms with E-state index >= 15 is 0 Å². The Morgan fingerprint density at radius 3 is 2.73 bits per heavy atom. The second-order valence-electron chi connectivity index (χ2n) is 5.61. The van der Waals surface area contributed by atoms with Gasteiger partial charge >= 0.3 is 0 Å². The van der Waals surface area contributed by atoms with Crippen LogP contribution in [0.5, 0.6) is 0 Å². The summed E-state index contributed by atoms with van der Waals surface area (Å²) in [4.78, 5) is 0. The van der Waals surface area contributed by atoms with Crippen molar-refractivity contribution in [2.45, 2.75) is 31.1 Å². The number of nitrogens with zero attached hydrogens (tertiary/aromatic N) is 4. The molecule has 1 aromatic heterocycles. The molecule has 1 aliphatic rings. The van der Waals surface area contributed by atoms with Gasteiger partial charge in [-0.3, -0.25) is 0 Å². The molecule has 22 heavy (non-hydrogen) atoms. The highest BCUT2D eigenvalue weighted by molar-refractivity contribution is 7.92. The average Bonchev–Trinajstić information content (AvgIpc) is 3.14. The molecule has 0 spiro atoms. The molecular weight excluding hydrogens is 302 g/mol. The molecule has 2 atom stereocenters. The van der Waals surface area contributed by atoms with E-state index < -0.39 is 9.84 Å². The minimum Gasteiger partial charge on any atom is -0.309 e. The second kappa shape index (κ2) is 6.13. The summed E-state index contributed by atoms with van der Waals surface area (Å²) < 4.78 is 25.2. The van der Waals surface area contributed by atoms with Gasteiger partial charge in [0.2, 0.25) is 0 Å². The molecule has 1 fully saturated rings. The zero-order valence-electron chi connectivity index (χ0n) is 12.4. The summed E-state index contributed by atoms with van der Waals surface area (Å²) in [5, 5.41) is 14.1. The summed E-state index contributed by atoms with van der Waals surface area (Å²) in [6.07, 6.45) is 3.09. The maximum Gasteiger partial charge on any atom is 0.154 e. The van der Waals surface area contributed by atoms with Crippen molar-refractivity contribution < 1.29 is 8.42 Å². The first-order valence-electron chi connectivity index (χ1n) is 7.34. The largest absolute Gasteiger partial charge is 0.309 e. The number of aromatic nitrogens is 4. The normalized spacial score (nSPS) is 21.8. The Balaban J connectivity index is 1.62. The molecule has 1 saturated heterocycles. The maximum atomic E-state index is 11.8. The van der Waals surface area contributed by atoms with Gasteiger partial charge in [-0.1, -0.05) is 12.1 Å². The molecule has 7 nitrogen and oxygen atoms in total. The van der Waals surface area contributed by atoms with E-state index in [1.165, 1.54) is 0 Å². The summed E-state index contributed by atoms with van der Waals surface area (Å²) in [5.74, 6) is 0.328. The van der Waals surface area contributed by atoms with Crippen molar-refractivity contribution in [3.8, 4) is 5.69 Å². The molecule has 2 heterocycles. The fourth-order valence-corrected chi connectivity index (χ4v) is 4.49. The van der Waals surface area contributed by atoms with Gasteiger partial charge in [0.05, 0.1) is 16.7 Å². The first-order chi connectivity index (χ1) is 10.6. The van der Waals surface area contributed by atoms with Gasteiger partial charge in [-0.15, -0.1) is 5.10 Å². The van der Waals surface area contributed by atoms with Crippen LogP contribution in [0.25, 0.3) is 5.69 Å². The zero-order valence-corrected chi connectivity index (χ0v) is 13.2. The number of sulfone groups is 1. The summed E-state index contributed by atoms with van der Waals surface area (Å²) in [6, 6.07) is 7.97. The molecule has 0 bridgehead atoms. The predicted octanol–water partition coefficient (Wildman–Crippen LogP) is 0.890. The van der Waals surface area contributed by atoms with Crippen LogP contribution in [0.4, 0.5) is 0 Å². The first kappa shape index (κ1) is 15.1. The third-order valence-corrected chi connectivity index (χ3v) is 6.40. The molecule has 118 valence electrons. The molecule has 1 N–H and O–H groups in total. The van der Waals surface area contributed by atoms with Crippen molar-refractivity contribution >= 4 is 9.84 Å². The Kier molecular flexibility index (Phi) is 4.21. The Morgan fingerprint density at radius 1 is 1.36 bits per heavy atom. The SMILES string of the molecule is C[C@H](NC[C@@H]1CCCS1(=O)=O)c1ccc(-n2cnnn2)cc1. The molecule has 2 aromatic rings. The van der Waals surface area contributed by atoms with E-state index in [9.17, 15) is 8.42 Å². The lowest BCUT2D eigenvalue weighted by Crippen LogP contribution is -2.32. The highest BCUT2D eigenvalue weighted by Gasteiger charge is 2.31. The van der Waals surface area contributed by atoms with Crippen molar-refractivity contribution in [3.63, 3.8) is 0 Å². The van der Waals surface area contributed by atoms with Gasteiger partial charge in [0.25, 0.3) is 0 Å². The van der Waals surface area contributed by atoms with Gasteiger partial charge in [0, 0.05) is 12.6 Å². The van der Waals surface area contributed by atoms with Crippen LogP contribution in [0.15, 0.2) is 30.6 Å². The Bertz CT molecular complexity index is 712. The topological polar surface area (TPSA) is 89.8 Å². The van der Waals surface area contributed by atoms with Crippen LogP contribution in [-0.4, -0.2) is 46.2 Å². The van der Waals surface area contributed by atoms with Crippen LogP contribution < -0.4 is 5.32 Å². The van der Waals surface area contributed by atoms with Gasteiger partial charge in [-0.2, -0.15) is 0 Å². The summed E-state index contributed by atoms with van der Waals surface area (Å²) in [5.41, 5.74) is 1.99. The minimum absolute atomic E-state index is 0.0960. The third kappa shape index (κ3) is 3.17. The molecule has 0 saturated carbocycles. The maximum absolute atomic E-state index is 11.8. The highest BCUT2D eigenvalue weighted by atomic mass is 32.2. The lowest BCUT2D eigenvalue weighted by molar-refractivity contribution is 0.538. The van der Waals surface area contributed by atoms with Crippen molar-refractivity contribution in [1.82, 2.24) is 25.5 Å². The van der Waals surface area contributed by atoms with Gasteiger partial charge in [-0.05, 0) is 47.9 Å². The third-order valence-electron chi connectivity index (χ3n) is 4.12. The van der Waals surface area contributed by atoms with Crippen molar-refractivity contribution in [2.75, 3.05) is 12.3 Å². The molecule has 8 heteroatoms. The summed E-state index contributed by atoms with van der Waals surface area (Å²) in [7, 11) is -2.89. The number of nitrogens with one attached hydrogen (secondary N) is 1. The monoisotopic (exact) mass is 321 g/mol. The van der Waals surface area contributed by atoms with Crippen LogP contribution in [-0.2, 0) is 9.84 Å². The van der Waals surface area contributed by atoms with Crippen LogP contribution in [0, 0.1) is 0 Å². The number of hydrogen-bond donors (Lipinski definition) is 1. The van der Waals surface area contributed by atoms with Crippen LogP contribution >= 0.6 is 0 Å². The molecule has 0 unspecified atom stereocenters. The molecule has 0 amide bonds. The van der Waals surface area contributed by atoms with Gasteiger partial charge in [0.1, 0.15) is 6.33 Å². The summed E-state index contributed by atoms with van der Waals surface area (Å²) >= 11 is 0. The fourth-order valence-electron chi connectivity index (χ4n) is 2.71. The Hall–Kier alpha value is -1.80. The molecule has 1 aromatic carbocycles. The molecule has 0 radical (unpaired) electrons. The highest BCUT2D eigenvalue weighted by Crippen LogP contribution is 2.21. The second-order valence-corrected chi connectivity index (χ2v) is 8.01. The first-order valence-corrected chi connectivity index (χ1v) is 9.06. The number of hydrogen-bond acceptors (Lipinski definition) is 6. The molecule has 1 aliphatic heterocycles. The van der Waals surface area contributed by atoms with Gasteiger partial charge in [-0.25, -0.2) is 13.1 Å². The van der Waals surface area contributed by atoms with E-state index in [0.29, 0.717) is 12.3 Å². The Labute approximate surface area is 129 Å². The number of tetrazole rings is 1. The minimum atomic E-state index is -2.89. The van der Waals surface area contributed by atoms with Crippen LogP contribution in [0.2, 0.25) is 0 Å². The van der Waals surface area contributed by atoms with E-state index in [2.05, 4.69) is 20.8 Å². The van der Waals surface area contributed by atoms with E-state index in [-0.39, 0.29) is 11.3 Å². The quantitative estimate of drug-likeness (QED) is 0.879. The molecule has 0 aliphatic carbocycles.